The van der Waals surface area contributed by atoms with E-state index in [4.69, 9.17) is 4.42 Å². The van der Waals surface area contributed by atoms with Crippen molar-refractivity contribution in [3.63, 3.8) is 0 Å². The van der Waals surface area contributed by atoms with Gasteiger partial charge in [0.25, 0.3) is 0 Å². The minimum absolute atomic E-state index is 0.237. The molecule has 1 N–H and O–H groups in total. The fraction of sp³-hybridized carbons (Fsp3) is 0.308. The van der Waals surface area contributed by atoms with E-state index < -0.39 is 0 Å². The van der Waals surface area contributed by atoms with Crippen LogP contribution in [0.1, 0.15) is 23.1 Å². The zero-order valence-corrected chi connectivity index (χ0v) is 11.5. The number of pyridine rings is 1. The first kappa shape index (κ1) is 12.3. The summed E-state index contributed by atoms with van der Waals surface area (Å²) in [5.74, 6) is 0.934. The Hall–Kier alpha value is -1.13. The average Bonchev–Trinajstić information content (AvgIpc) is 2.75. The van der Waals surface area contributed by atoms with Crippen molar-refractivity contribution in [3.8, 4) is 0 Å². The maximum atomic E-state index is 5.34. The lowest BCUT2D eigenvalue weighted by molar-refractivity contribution is 0.519. The summed E-state index contributed by atoms with van der Waals surface area (Å²) in [4.78, 5) is 4.38. The van der Waals surface area contributed by atoms with Crippen LogP contribution in [0.15, 0.2) is 39.5 Å². The van der Waals surface area contributed by atoms with E-state index in [2.05, 4.69) is 32.3 Å². The molecule has 0 aromatic carbocycles. The fourth-order valence-electron chi connectivity index (χ4n) is 1.77. The van der Waals surface area contributed by atoms with Crippen molar-refractivity contribution in [3.05, 3.63) is 52.1 Å². The van der Waals surface area contributed by atoms with Gasteiger partial charge in [-0.2, -0.15) is 0 Å². The molecule has 4 heteroatoms. The normalized spacial score (nSPS) is 12.6. The largest absolute Gasteiger partial charge is 0.469 e. The van der Waals surface area contributed by atoms with E-state index >= 15 is 0 Å². The van der Waals surface area contributed by atoms with Crippen molar-refractivity contribution in [2.45, 2.75) is 19.4 Å². The molecule has 0 saturated heterocycles. The van der Waals surface area contributed by atoms with Crippen molar-refractivity contribution in [1.29, 1.82) is 0 Å². The first-order valence-corrected chi connectivity index (χ1v) is 6.31. The molecule has 2 aromatic rings. The third-order valence-corrected chi connectivity index (χ3v) is 3.17. The molecular formula is C13H15BrN2O. The Bertz CT molecular complexity index is 478. The fourth-order valence-corrected chi connectivity index (χ4v) is 2.00. The summed E-state index contributed by atoms with van der Waals surface area (Å²) in [6.07, 6.45) is 4.47. The van der Waals surface area contributed by atoms with E-state index in [1.807, 2.05) is 32.3 Å². The molecule has 2 aromatic heterocycles. The minimum Gasteiger partial charge on any atom is -0.469 e. The van der Waals surface area contributed by atoms with Crippen molar-refractivity contribution >= 4 is 15.9 Å². The Morgan fingerprint density at radius 2 is 2.29 bits per heavy atom. The van der Waals surface area contributed by atoms with Crippen molar-refractivity contribution in [2.24, 2.45) is 0 Å². The van der Waals surface area contributed by atoms with E-state index in [1.54, 1.807) is 6.26 Å². The number of likely N-dealkylation sites (N-methyl/N-ethyl adjacent to an activating group) is 1. The maximum Gasteiger partial charge on any atom is 0.101 e. The van der Waals surface area contributed by atoms with Gasteiger partial charge in [0.2, 0.25) is 0 Å². The molecule has 0 spiro atoms. The topological polar surface area (TPSA) is 38.1 Å². The monoisotopic (exact) mass is 294 g/mol. The smallest absolute Gasteiger partial charge is 0.101 e. The summed E-state index contributed by atoms with van der Waals surface area (Å²) in [5.41, 5.74) is 2.22. The van der Waals surface area contributed by atoms with Gasteiger partial charge in [-0.3, -0.25) is 4.98 Å². The summed E-state index contributed by atoms with van der Waals surface area (Å²) in [5, 5.41) is 3.28. The van der Waals surface area contributed by atoms with Gasteiger partial charge < -0.3 is 9.73 Å². The predicted molar refractivity (Wildman–Crippen MR) is 70.9 cm³/mol. The Kier molecular flexibility index (Phi) is 3.97. The highest BCUT2D eigenvalue weighted by Crippen LogP contribution is 2.20. The predicted octanol–water partition coefficient (Wildman–Crippen LogP) is 3.25. The van der Waals surface area contributed by atoms with Gasteiger partial charge in [0.1, 0.15) is 5.76 Å². The third-order valence-electron chi connectivity index (χ3n) is 2.70. The molecule has 90 valence electrons. The number of nitrogens with zero attached hydrogens (tertiary/aromatic N) is 1. The molecule has 0 radical (unpaired) electrons. The second kappa shape index (κ2) is 5.47. The molecule has 1 atom stereocenters. The van der Waals surface area contributed by atoms with Gasteiger partial charge in [0.15, 0.2) is 0 Å². The van der Waals surface area contributed by atoms with Gasteiger partial charge in [-0.25, -0.2) is 0 Å². The van der Waals surface area contributed by atoms with Crippen LogP contribution >= 0.6 is 15.9 Å². The summed E-state index contributed by atoms with van der Waals surface area (Å²) in [7, 11) is 1.95. The molecule has 0 amide bonds. The lowest BCUT2D eigenvalue weighted by atomic mass is 10.0. The van der Waals surface area contributed by atoms with E-state index in [9.17, 15) is 0 Å². The molecule has 2 heterocycles. The number of rotatable bonds is 4. The van der Waals surface area contributed by atoms with Crippen molar-refractivity contribution < 1.29 is 4.42 Å². The summed E-state index contributed by atoms with van der Waals surface area (Å²) in [6, 6.07) is 6.33. The first-order valence-electron chi connectivity index (χ1n) is 5.52. The van der Waals surface area contributed by atoms with Gasteiger partial charge >= 0.3 is 0 Å². The number of aromatic nitrogens is 1. The average molecular weight is 295 g/mol. The number of hydrogen-bond donors (Lipinski definition) is 1. The lowest BCUT2D eigenvalue weighted by Gasteiger charge is -2.13. The van der Waals surface area contributed by atoms with E-state index in [1.165, 1.54) is 0 Å². The molecule has 0 saturated carbocycles. The van der Waals surface area contributed by atoms with Crippen LogP contribution in [0.2, 0.25) is 0 Å². The van der Waals surface area contributed by atoms with Gasteiger partial charge in [0, 0.05) is 34.4 Å². The molecule has 0 aliphatic rings. The van der Waals surface area contributed by atoms with Crippen LogP contribution in [-0.4, -0.2) is 12.0 Å². The van der Waals surface area contributed by atoms with Gasteiger partial charge in [-0.15, -0.1) is 0 Å². The zero-order chi connectivity index (χ0) is 12.3. The van der Waals surface area contributed by atoms with Crippen molar-refractivity contribution in [2.75, 3.05) is 7.05 Å². The third kappa shape index (κ3) is 3.17. The Morgan fingerprint density at radius 3 is 2.82 bits per heavy atom. The molecule has 17 heavy (non-hydrogen) atoms. The zero-order valence-electron chi connectivity index (χ0n) is 9.90. The van der Waals surface area contributed by atoms with Gasteiger partial charge in [-0.05, 0) is 48.1 Å². The number of hydrogen-bond acceptors (Lipinski definition) is 3. The molecule has 0 aliphatic heterocycles. The molecule has 3 nitrogen and oxygen atoms in total. The molecule has 0 bridgehead atoms. The molecule has 1 unspecified atom stereocenters. The number of halogens is 1. The van der Waals surface area contributed by atoms with Crippen LogP contribution in [0, 0.1) is 6.92 Å². The summed E-state index contributed by atoms with van der Waals surface area (Å²) >= 11 is 3.38. The SMILES string of the molecule is CNC(Cc1ccc(Br)cn1)c1coc(C)c1. The van der Waals surface area contributed by atoms with Gasteiger partial charge in [0.05, 0.1) is 6.26 Å². The minimum atomic E-state index is 0.237. The highest BCUT2D eigenvalue weighted by atomic mass is 79.9. The van der Waals surface area contributed by atoms with Crippen LogP contribution in [0.4, 0.5) is 0 Å². The second-order valence-corrected chi connectivity index (χ2v) is 4.92. The number of nitrogens with one attached hydrogen (secondary N) is 1. The highest BCUT2D eigenvalue weighted by molar-refractivity contribution is 9.10. The molecular weight excluding hydrogens is 280 g/mol. The Morgan fingerprint density at radius 1 is 1.47 bits per heavy atom. The Balaban J connectivity index is 2.12. The van der Waals surface area contributed by atoms with Gasteiger partial charge in [-0.1, -0.05) is 0 Å². The van der Waals surface area contributed by atoms with Crippen LogP contribution in [0.25, 0.3) is 0 Å². The van der Waals surface area contributed by atoms with E-state index in [0.717, 1.165) is 27.9 Å². The van der Waals surface area contributed by atoms with Crippen LogP contribution in [0.5, 0.6) is 0 Å². The standard InChI is InChI=1S/C13H15BrN2O/c1-9-5-10(8-17-9)13(15-2)6-12-4-3-11(14)7-16-12/h3-5,7-8,13,15H,6H2,1-2H3. The quantitative estimate of drug-likeness (QED) is 0.941. The Labute approximate surface area is 109 Å². The highest BCUT2D eigenvalue weighted by Gasteiger charge is 2.12. The first-order chi connectivity index (χ1) is 8.19. The molecule has 0 aliphatic carbocycles. The summed E-state index contributed by atoms with van der Waals surface area (Å²) in [6.45, 7) is 1.95. The number of aryl methyl sites for hydroxylation is 1. The molecule has 0 fully saturated rings. The number of furan rings is 1. The van der Waals surface area contributed by atoms with E-state index in [-0.39, 0.29) is 6.04 Å². The van der Waals surface area contributed by atoms with E-state index in [0.29, 0.717) is 0 Å². The van der Waals surface area contributed by atoms with Crippen LogP contribution in [0.3, 0.4) is 0 Å². The summed E-state index contributed by atoms with van der Waals surface area (Å²) < 4.78 is 6.34. The lowest BCUT2D eigenvalue weighted by Crippen LogP contribution is -2.18. The van der Waals surface area contributed by atoms with Crippen LogP contribution < -0.4 is 5.32 Å². The maximum absolute atomic E-state index is 5.34. The van der Waals surface area contributed by atoms with Crippen LogP contribution in [-0.2, 0) is 6.42 Å². The van der Waals surface area contributed by atoms with Crippen molar-refractivity contribution in [1.82, 2.24) is 10.3 Å². The second-order valence-electron chi connectivity index (χ2n) is 4.00. The molecule has 2 rings (SSSR count).